The van der Waals surface area contributed by atoms with E-state index in [-0.39, 0.29) is 0 Å². The topological polar surface area (TPSA) is 72.3 Å². The highest BCUT2D eigenvalue weighted by atomic mass is 15.1. The summed E-state index contributed by atoms with van der Waals surface area (Å²) in [5.74, 6) is -0.485. The van der Waals surface area contributed by atoms with Gasteiger partial charge in [-0.2, -0.15) is 20.8 Å². The fraction of sp³-hybridized carbons (Fsp3) is 0.800. The first-order chi connectivity index (χ1) is 6.85. The molecule has 0 saturated heterocycles. The number of azo groups is 1. The van der Waals surface area contributed by atoms with E-state index in [4.69, 9.17) is 10.5 Å². The van der Waals surface area contributed by atoms with Crippen molar-refractivity contribution in [2.45, 2.75) is 32.6 Å². The molecule has 76 valence electrons. The molecule has 0 rings (SSSR count). The lowest BCUT2D eigenvalue weighted by Gasteiger charge is -1.95. The van der Waals surface area contributed by atoms with Crippen molar-refractivity contribution in [3.63, 3.8) is 0 Å². The molecule has 0 atom stereocenters. The van der Waals surface area contributed by atoms with E-state index in [0.717, 1.165) is 25.8 Å². The minimum absolute atomic E-state index is 0.485. The lowest BCUT2D eigenvalue weighted by atomic mass is 10.1. The van der Waals surface area contributed by atoms with Crippen molar-refractivity contribution < 1.29 is 0 Å². The predicted octanol–water partition coefficient (Wildman–Crippen LogP) is 2.68. The van der Waals surface area contributed by atoms with Gasteiger partial charge in [-0.05, 0) is 19.3 Å². The Morgan fingerprint density at radius 1 is 1.07 bits per heavy atom. The van der Waals surface area contributed by atoms with Gasteiger partial charge in [0.15, 0.2) is 0 Å². The Balaban J connectivity index is 3.34. The van der Waals surface area contributed by atoms with Crippen LogP contribution in [0, 0.1) is 28.6 Å². The van der Waals surface area contributed by atoms with Crippen molar-refractivity contribution in [1.29, 1.82) is 10.5 Å². The SMILES string of the molecule is CCCCN=NCCCC(C#N)C#N. The van der Waals surface area contributed by atoms with Crippen LogP contribution in [0.4, 0.5) is 0 Å². The van der Waals surface area contributed by atoms with Gasteiger partial charge in [0, 0.05) is 0 Å². The fourth-order valence-corrected chi connectivity index (χ4v) is 0.894. The molecule has 0 aromatic carbocycles. The number of nitriles is 2. The summed E-state index contributed by atoms with van der Waals surface area (Å²) in [5.41, 5.74) is 0. The summed E-state index contributed by atoms with van der Waals surface area (Å²) in [6.07, 6.45) is 3.56. The molecule has 0 saturated carbocycles. The van der Waals surface area contributed by atoms with E-state index >= 15 is 0 Å². The first-order valence-electron chi connectivity index (χ1n) is 4.97. The van der Waals surface area contributed by atoms with Crippen LogP contribution >= 0.6 is 0 Å². The highest BCUT2D eigenvalue weighted by Gasteiger charge is 2.03. The van der Waals surface area contributed by atoms with Crippen LogP contribution in [0.25, 0.3) is 0 Å². The van der Waals surface area contributed by atoms with Gasteiger partial charge < -0.3 is 0 Å². The zero-order chi connectivity index (χ0) is 10.6. The monoisotopic (exact) mass is 192 g/mol. The molecule has 0 radical (unpaired) electrons. The quantitative estimate of drug-likeness (QED) is 0.459. The molecular formula is C10H16N4. The van der Waals surface area contributed by atoms with Gasteiger partial charge in [-0.1, -0.05) is 13.3 Å². The van der Waals surface area contributed by atoms with Crippen molar-refractivity contribution in [2.75, 3.05) is 13.1 Å². The average Bonchev–Trinajstić information content (AvgIpc) is 2.22. The third kappa shape index (κ3) is 7.24. The standard InChI is InChI=1S/C10H16N4/c1-2-3-6-13-14-7-4-5-10(8-11)9-12/h10H,2-7H2,1H3. The Labute approximate surface area is 85.3 Å². The maximum absolute atomic E-state index is 8.47. The van der Waals surface area contributed by atoms with Gasteiger partial charge in [0.25, 0.3) is 0 Å². The second-order valence-electron chi connectivity index (χ2n) is 3.04. The van der Waals surface area contributed by atoms with Gasteiger partial charge in [0.1, 0.15) is 5.92 Å². The molecule has 0 heterocycles. The maximum Gasteiger partial charge on any atom is 0.133 e. The van der Waals surface area contributed by atoms with E-state index in [1.807, 2.05) is 12.1 Å². The Kier molecular flexibility index (Phi) is 8.69. The molecule has 0 N–H and O–H groups in total. The average molecular weight is 192 g/mol. The highest BCUT2D eigenvalue weighted by molar-refractivity contribution is 4.98. The van der Waals surface area contributed by atoms with Crippen LogP contribution in [0.1, 0.15) is 32.6 Å². The second-order valence-corrected chi connectivity index (χ2v) is 3.04. The van der Waals surface area contributed by atoms with Crippen LogP contribution in [-0.2, 0) is 0 Å². The lowest BCUT2D eigenvalue weighted by molar-refractivity contribution is 0.656. The molecule has 0 aliphatic heterocycles. The van der Waals surface area contributed by atoms with Crippen molar-refractivity contribution in [3.8, 4) is 12.1 Å². The molecule has 14 heavy (non-hydrogen) atoms. The van der Waals surface area contributed by atoms with E-state index in [2.05, 4.69) is 17.2 Å². The smallest absolute Gasteiger partial charge is 0.133 e. The number of hydrogen-bond donors (Lipinski definition) is 0. The molecular weight excluding hydrogens is 176 g/mol. The van der Waals surface area contributed by atoms with E-state index in [0.29, 0.717) is 13.0 Å². The Morgan fingerprint density at radius 2 is 1.64 bits per heavy atom. The number of unbranched alkanes of at least 4 members (excludes halogenated alkanes) is 1. The van der Waals surface area contributed by atoms with E-state index in [1.165, 1.54) is 0 Å². The molecule has 0 amide bonds. The van der Waals surface area contributed by atoms with Gasteiger partial charge >= 0.3 is 0 Å². The number of hydrogen-bond acceptors (Lipinski definition) is 4. The second kappa shape index (κ2) is 9.67. The van der Waals surface area contributed by atoms with Gasteiger partial charge in [0.05, 0.1) is 25.2 Å². The minimum atomic E-state index is -0.485. The van der Waals surface area contributed by atoms with Crippen molar-refractivity contribution in [1.82, 2.24) is 0 Å². The zero-order valence-electron chi connectivity index (χ0n) is 8.61. The number of rotatable bonds is 7. The summed E-state index contributed by atoms with van der Waals surface area (Å²) < 4.78 is 0. The lowest BCUT2D eigenvalue weighted by Crippen LogP contribution is -1.93. The van der Waals surface area contributed by atoms with E-state index in [1.54, 1.807) is 0 Å². The van der Waals surface area contributed by atoms with Gasteiger partial charge in [0.2, 0.25) is 0 Å². The molecule has 4 heteroatoms. The molecule has 0 fully saturated rings. The van der Waals surface area contributed by atoms with Crippen molar-refractivity contribution >= 4 is 0 Å². The first-order valence-corrected chi connectivity index (χ1v) is 4.97. The molecule has 0 aromatic rings. The Bertz CT molecular complexity index is 219. The van der Waals surface area contributed by atoms with Crippen LogP contribution in [0.2, 0.25) is 0 Å². The van der Waals surface area contributed by atoms with Crippen molar-refractivity contribution in [2.24, 2.45) is 16.1 Å². The molecule has 0 aliphatic rings. The normalized spacial score (nSPS) is 10.3. The molecule has 4 nitrogen and oxygen atoms in total. The summed E-state index contributed by atoms with van der Waals surface area (Å²) in [6.45, 7) is 3.53. The largest absolute Gasteiger partial charge is 0.197 e. The summed E-state index contributed by atoms with van der Waals surface area (Å²) in [6, 6.07) is 3.86. The maximum atomic E-state index is 8.47. The predicted molar refractivity (Wildman–Crippen MR) is 53.4 cm³/mol. The van der Waals surface area contributed by atoms with Gasteiger partial charge in [-0.15, -0.1) is 0 Å². The summed E-state index contributed by atoms with van der Waals surface area (Å²) >= 11 is 0. The molecule has 0 aromatic heterocycles. The van der Waals surface area contributed by atoms with Crippen LogP contribution in [0.5, 0.6) is 0 Å². The van der Waals surface area contributed by atoms with Crippen LogP contribution in [0.3, 0.4) is 0 Å². The number of nitrogens with zero attached hydrogens (tertiary/aromatic N) is 4. The molecule has 0 unspecified atom stereocenters. The van der Waals surface area contributed by atoms with Crippen molar-refractivity contribution in [3.05, 3.63) is 0 Å². The zero-order valence-corrected chi connectivity index (χ0v) is 8.61. The summed E-state index contributed by atoms with van der Waals surface area (Å²) in [5, 5.41) is 24.9. The Morgan fingerprint density at radius 3 is 2.14 bits per heavy atom. The van der Waals surface area contributed by atoms with Crippen LogP contribution < -0.4 is 0 Å². The van der Waals surface area contributed by atoms with E-state index in [9.17, 15) is 0 Å². The van der Waals surface area contributed by atoms with Crippen LogP contribution in [-0.4, -0.2) is 13.1 Å². The molecule has 0 aliphatic carbocycles. The van der Waals surface area contributed by atoms with Crippen LogP contribution in [0.15, 0.2) is 10.2 Å². The molecule has 0 bridgehead atoms. The van der Waals surface area contributed by atoms with Gasteiger partial charge in [-0.25, -0.2) is 0 Å². The highest BCUT2D eigenvalue weighted by Crippen LogP contribution is 2.03. The third-order valence-corrected chi connectivity index (χ3v) is 1.77. The summed E-state index contributed by atoms with van der Waals surface area (Å²) in [7, 11) is 0. The van der Waals surface area contributed by atoms with E-state index < -0.39 is 5.92 Å². The van der Waals surface area contributed by atoms with Gasteiger partial charge in [-0.3, -0.25) is 0 Å². The minimum Gasteiger partial charge on any atom is -0.197 e. The molecule has 0 spiro atoms. The fourth-order valence-electron chi connectivity index (χ4n) is 0.894. The first kappa shape index (κ1) is 12.6. The Hall–Kier alpha value is -1.42. The third-order valence-electron chi connectivity index (χ3n) is 1.77. The summed E-state index contributed by atoms with van der Waals surface area (Å²) in [4.78, 5) is 0.